The Balaban J connectivity index is 1.26. The first kappa shape index (κ1) is 26.4. The normalized spacial score (nSPS) is 13.5. The SMILES string of the molecule is COc1cc(-c2nn(-c3ccnc(N4CCOCC4)c3)c3ncnc(N)c23)ccc1NC(=O)c1cc2ccccc2n1C. The number of pyridine rings is 1. The highest BCUT2D eigenvalue weighted by Gasteiger charge is 2.22. The molecule has 0 aliphatic carbocycles. The van der Waals surface area contributed by atoms with Gasteiger partial charge in [0.1, 0.15) is 35.1 Å². The van der Waals surface area contributed by atoms with E-state index < -0.39 is 0 Å². The van der Waals surface area contributed by atoms with E-state index in [1.165, 1.54) is 6.33 Å². The molecule has 12 heteroatoms. The van der Waals surface area contributed by atoms with Crippen molar-refractivity contribution in [3.63, 3.8) is 0 Å². The number of nitrogen functional groups attached to an aromatic ring is 1. The number of hydrogen-bond donors (Lipinski definition) is 2. The van der Waals surface area contributed by atoms with Crippen LogP contribution >= 0.6 is 0 Å². The van der Waals surface area contributed by atoms with Gasteiger partial charge in [-0.3, -0.25) is 4.79 Å². The van der Waals surface area contributed by atoms with E-state index in [-0.39, 0.29) is 5.91 Å². The van der Waals surface area contributed by atoms with E-state index in [1.54, 1.807) is 24.1 Å². The van der Waals surface area contributed by atoms with Gasteiger partial charge in [0.25, 0.3) is 5.91 Å². The van der Waals surface area contributed by atoms with Crippen molar-refractivity contribution in [2.45, 2.75) is 0 Å². The van der Waals surface area contributed by atoms with E-state index in [1.807, 2.05) is 66.2 Å². The molecule has 0 radical (unpaired) electrons. The second kappa shape index (κ2) is 10.7. The number of fused-ring (bicyclic) bond motifs is 2. The Hall–Kier alpha value is -5.49. The lowest BCUT2D eigenvalue weighted by molar-refractivity contribution is 0.101. The van der Waals surface area contributed by atoms with Gasteiger partial charge in [-0.05, 0) is 30.3 Å². The molecule has 2 aromatic carbocycles. The molecule has 0 spiro atoms. The molecule has 7 rings (SSSR count). The van der Waals surface area contributed by atoms with Crippen LogP contribution < -0.4 is 20.7 Å². The minimum atomic E-state index is -0.245. The fourth-order valence-corrected chi connectivity index (χ4v) is 5.50. The molecular weight excluding hydrogens is 546 g/mol. The lowest BCUT2D eigenvalue weighted by Gasteiger charge is -2.27. The number of hydrogen-bond acceptors (Lipinski definition) is 9. The third-order valence-corrected chi connectivity index (χ3v) is 7.71. The van der Waals surface area contributed by atoms with Gasteiger partial charge in [0.05, 0.1) is 37.1 Å². The van der Waals surface area contributed by atoms with Crippen molar-refractivity contribution in [3.8, 4) is 22.7 Å². The Morgan fingerprint density at radius 3 is 2.67 bits per heavy atom. The van der Waals surface area contributed by atoms with Crippen LogP contribution in [-0.4, -0.2) is 68.6 Å². The zero-order valence-electron chi connectivity index (χ0n) is 23.7. The molecule has 43 heavy (non-hydrogen) atoms. The van der Waals surface area contributed by atoms with E-state index in [0.717, 1.165) is 41.1 Å². The minimum Gasteiger partial charge on any atom is -0.495 e. The number of nitrogens with two attached hydrogens (primary N) is 1. The third kappa shape index (κ3) is 4.67. The van der Waals surface area contributed by atoms with E-state index in [0.29, 0.717) is 52.9 Å². The molecule has 0 atom stereocenters. The van der Waals surface area contributed by atoms with Gasteiger partial charge in [-0.25, -0.2) is 19.6 Å². The molecule has 216 valence electrons. The van der Waals surface area contributed by atoms with Crippen LogP contribution in [0.15, 0.2) is 73.2 Å². The number of morpholine rings is 1. The van der Waals surface area contributed by atoms with Crippen molar-refractivity contribution in [1.82, 2.24) is 29.3 Å². The van der Waals surface area contributed by atoms with E-state index >= 15 is 0 Å². The van der Waals surface area contributed by atoms with Crippen molar-refractivity contribution in [2.24, 2.45) is 7.05 Å². The summed E-state index contributed by atoms with van der Waals surface area (Å²) in [6.45, 7) is 2.84. The van der Waals surface area contributed by atoms with E-state index in [2.05, 4.69) is 25.2 Å². The lowest BCUT2D eigenvalue weighted by Crippen LogP contribution is -2.36. The number of nitrogens with one attached hydrogen (secondary N) is 1. The van der Waals surface area contributed by atoms with E-state index in [9.17, 15) is 4.79 Å². The van der Waals surface area contributed by atoms with Crippen molar-refractivity contribution >= 4 is 45.2 Å². The summed E-state index contributed by atoms with van der Waals surface area (Å²) >= 11 is 0. The number of aryl methyl sites for hydroxylation is 1. The first-order valence-corrected chi connectivity index (χ1v) is 13.8. The molecule has 1 aliphatic heterocycles. The molecule has 1 fully saturated rings. The van der Waals surface area contributed by atoms with Crippen molar-refractivity contribution in [3.05, 3.63) is 78.9 Å². The van der Waals surface area contributed by atoms with Crippen LogP contribution in [0.1, 0.15) is 10.5 Å². The Kier molecular flexibility index (Phi) is 6.59. The Morgan fingerprint density at radius 1 is 1.02 bits per heavy atom. The Bertz CT molecular complexity index is 1990. The molecule has 12 nitrogen and oxygen atoms in total. The molecule has 6 aromatic rings. The summed E-state index contributed by atoms with van der Waals surface area (Å²) in [7, 11) is 3.43. The van der Waals surface area contributed by atoms with Gasteiger partial charge >= 0.3 is 0 Å². The summed E-state index contributed by atoms with van der Waals surface area (Å²) < 4.78 is 14.8. The molecule has 5 heterocycles. The molecule has 1 saturated heterocycles. The van der Waals surface area contributed by atoms with Gasteiger partial charge in [-0.15, -0.1) is 0 Å². The number of nitrogens with zero attached hydrogens (tertiary/aromatic N) is 7. The van der Waals surface area contributed by atoms with Crippen LogP contribution in [0, 0.1) is 0 Å². The number of amides is 1. The third-order valence-electron chi connectivity index (χ3n) is 7.71. The Labute approximate surface area is 246 Å². The molecule has 1 aliphatic rings. The first-order valence-electron chi connectivity index (χ1n) is 13.8. The van der Waals surface area contributed by atoms with Crippen molar-refractivity contribution < 1.29 is 14.3 Å². The van der Waals surface area contributed by atoms with Crippen LogP contribution in [0.5, 0.6) is 5.75 Å². The predicted molar refractivity (Wildman–Crippen MR) is 165 cm³/mol. The number of benzene rings is 2. The number of carbonyl (C=O) groups excluding carboxylic acids is 1. The predicted octanol–water partition coefficient (Wildman–Crippen LogP) is 4.05. The van der Waals surface area contributed by atoms with Gasteiger partial charge in [0.15, 0.2) is 5.65 Å². The maximum Gasteiger partial charge on any atom is 0.272 e. The smallest absolute Gasteiger partial charge is 0.272 e. The summed E-state index contributed by atoms with van der Waals surface area (Å²) in [4.78, 5) is 28.8. The second-order valence-electron chi connectivity index (χ2n) is 10.2. The van der Waals surface area contributed by atoms with Crippen LogP contribution in [0.3, 0.4) is 0 Å². The van der Waals surface area contributed by atoms with Crippen molar-refractivity contribution in [2.75, 3.05) is 49.4 Å². The highest BCUT2D eigenvalue weighted by atomic mass is 16.5. The summed E-state index contributed by atoms with van der Waals surface area (Å²) in [5.41, 5.74) is 11.1. The number of para-hydroxylation sites is 1. The molecule has 0 saturated carbocycles. The fourth-order valence-electron chi connectivity index (χ4n) is 5.50. The molecule has 4 aromatic heterocycles. The summed E-state index contributed by atoms with van der Waals surface area (Å²) in [6.07, 6.45) is 3.18. The van der Waals surface area contributed by atoms with Crippen LogP contribution in [-0.2, 0) is 11.8 Å². The molecule has 3 N–H and O–H groups in total. The number of rotatable bonds is 6. The average molecular weight is 576 g/mol. The maximum atomic E-state index is 13.3. The molecule has 0 unspecified atom stereocenters. The monoisotopic (exact) mass is 575 g/mol. The molecular formula is C31H29N9O3. The second-order valence-corrected chi connectivity index (χ2v) is 10.2. The number of anilines is 3. The Morgan fingerprint density at radius 2 is 1.86 bits per heavy atom. The van der Waals surface area contributed by atoms with Crippen LogP contribution in [0.4, 0.5) is 17.3 Å². The van der Waals surface area contributed by atoms with Crippen molar-refractivity contribution in [1.29, 1.82) is 0 Å². The number of aromatic nitrogens is 6. The highest BCUT2D eigenvalue weighted by molar-refractivity contribution is 6.07. The van der Waals surface area contributed by atoms with Gasteiger partial charge in [0, 0.05) is 48.9 Å². The largest absolute Gasteiger partial charge is 0.495 e. The zero-order chi connectivity index (χ0) is 29.5. The van der Waals surface area contributed by atoms with Gasteiger partial charge in [0.2, 0.25) is 0 Å². The first-order chi connectivity index (χ1) is 21.0. The number of methoxy groups -OCH3 is 1. The van der Waals surface area contributed by atoms with Crippen LogP contribution in [0.2, 0.25) is 0 Å². The summed E-state index contributed by atoms with van der Waals surface area (Å²) in [5, 5.41) is 9.54. The quantitative estimate of drug-likeness (QED) is 0.301. The zero-order valence-corrected chi connectivity index (χ0v) is 23.7. The number of ether oxygens (including phenoxy) is 2. The minimum absolute atomic E-state index is 0.245. The standard InChI is InChI=1S/C31H29N9O3/c1-38-23-6-4-3-5-19(23)15-24(38)31(41)36-22-8-7-20(16-25(22)42-2)28-27-29(32)34-18-35-30(27)40(37-28)21-9-10-33-26(17-21)39-11-13-43-14-12-39/h3-10,15-18H,11-14H2,1-2H3,(H,36,41)(H2,32,34,35). The van der Waals surface area contributed by atoms with Crippen LogP contribution in [0.25, 0.3) is 38.9 Å². The van der Waals surface area contributed by atoms with Gasteiger partial charge in [-0.1, -0.05) is 24.3 Å². The molecule has 0 bridgehead atoms. The molecule has 1 amide bonds. The average Bonchev–Trinajstić information content (AvgIpc) is 3.61. The lowest BCUT2D eigenvalue weighted by atomic mass is 10.1. The number of carbonyl (C=O) groups is 1. The maximum absolute atomic E-state index is 13.3. The van der Waals surface area contributed by atoms with Gasteiger partial charge in [-0.2, -0.15) is 5.10 Å². The van der Waals surface area contributed by atoms with Gasteiger partial charge < -0.3 is 30.0 Å². The fraction of sp³-hybridized carbons (Fsp3) is 0.194. The summed E-state index contributed by atoms with van der Waals surface area (Å²) in [6, 6.07) is 19.1. The van der Waals surface area contributed by atoms with E-state index in [4.69, 9.17) is 20.3 Å². The summed E-state index contributed by atoms with van der Waals surface area (Å²) in [5.74, 6) is 1.37. The topological polar surface area (TPSA) is 138 Å². The highest BCUT2D eigenvalue weighted by Crippen LogP contribution is 2.36.